The molecule has 0 unspecified atom stereocenters. The molecule has 0 aliphatic heterocycles. The number of aryl methyl sites for hydroxylation is 1. The summed E-state index contributed by atoms with van der Waals surface area (Å²) in [5.74, 6) is -0.879. The Balaban J connectivity index is 1.53. The fraction of sp³-hybridized carbons (Fsp3) is 0.250. The summed E-state index contributed by atoms with van der Waals surface area (Å²) in [6, 6.07) is 15.9. The summed E-state index contributed by atoms with van der Waals surface area (Å²) in [7, 11) is 1.63. The number of aromatic nitrogens is 4. The van der Waals surface area contributed by atoms with Crippen molar-refractivity contribution in [3.8, 4) is 16.9 Å². The van der Waals surface area contributed by atoms with E-state index in [1.165, 1.54) is 22.9 Å². The average molecular weight is 622 g/mol. The van der Waals surface area contributed by atoms with Crippen molar-refractivity contribution in [2.45, 2.75) is 45.6 Å². The summed E-state index contributed by atoms with van der Waals surface area (Å²) in [4.78, 5) is 43.0. The second kappa shape index (κ2) is 13.0. The summed E-state index contributed by atoms with van der Waals surface area (Å²) >= 11 is 0. The number of aliphatic hydroxyl groups excluding tert-OH is 1. The van der Waals surface area contributed by atoms with E-state index < -0.39 is 18.0 Å². The van der Waals surface area contributed by atoms with Gasteiger partial charge >= 0.3 is 0 Å². The van der Waals surface area contributed by atoms with Gasteiger partial charge in [0, 0.05) is 42.7 Å². The summed E-state index contributed by atoms with van der Waals surface area (Å²) < 4.78 is 17.9. The van der Waals surface area contributed by atoms with Crippen molar-refractivity contribution >= 4 is 16.7 Å². The fourth-order valence-corrected chi connectivity index (χ4v) is 5.42. The molecule has 2 aromatic heterocycles. The minimum Gasteiger partial charge on any atom is -0.392 e. The highest BCUT2D eigenvalue weighted by molar-refractivity contribution is 5.86. The molecule has 0 radical (unpaired) electrons. The Morgan fingerprint density at radius 1 is 1.07 bits per heavy atom. The van der Waals surface area contributed by atoms with Gasteiger partial charge in [0.1, 0.15) is 11.5 Å². The van der Waals surface area contributed by atoms with Gasteiger partial charge in [-0.15, -0.1) is 0 Å². The molecule has 236 valence electrons. The van der Waals surface area contributed by atoms with E-state index in [1.54, 1.807) is 37.5 Å². The van der Waals surface area contributed by atoms with Gasteiger partial charge < -0.3 is 15.0 Å². The SMILES string of the molecule is C=CC(=O)NCCc1cccc(Cc2nc(-c3cccc(-n4ncc5cc(C(C)(C)C)cc(F)c5c4=O)c3CO)cn(C)c2=O)c1. The molecule has 9 nitrogen and oxygen atoms in total. The second-order valence-corrected chi connectivity index (χ2v) is 12.2. The third-order valence-corrected chi connectivity index (χ3v) is 7.92. The average Bonchev–Trinajstić information content (AvgIpc) is 3.02. The number of hydrogen-bond donors (Lipinski definition) is 2. The van der Waals surface area contributed by atoms with Gasteiger partial charge in [-0.2, -0.15) is 9.78 Å². The van der Waals surface area contributed by atoms with Gasteiger partial charge in [0.25, 0.3) is 11.1 Å². The maximum atomic E-state index is 15.3. The van der Waals surface area contributed by atoms with Crippen molar-refractivity contribution in [1.29, 1.82) is 0 Å². The molecule has 46 heavy (non-hydrogen) atoms. The molecule has 0 saturated heterocycles. The van der Waals surface area contributed by atoms with Crippen molar-refractivity contribution in [2.75, 3.05) is 6.54 Å². The first-order chi connectivity index (χ1) is 21.9. The van der Waals surface area contributed by atoms with Crippen molar-refractivity contribution in [3.05, 3.63) is 134 Å². The van der Waals surface area contributed by atoms with Crippen molar-refractivity contribution in [3.63, 3.8) is 0 Å². The van der Waals surface area contributed by atoms with Crippen molar-refractivity contribution < 1.29 is 14.3 Å². The van der Waals surface area contributed by atoms with Crippen LogP contribution in [0.2, 0.25) is 0 Å². The van der Waals surface area contributed by atoms with E-state index in [0.717, 1.165) is 21.4 Å². The molecule has 10 heteroatoms. The smallest absolute Gasteiger partial charge is 0.282 e. The number of halogens is 1. The van der Waals surface area contributed by atoms with E-state index in [2.05, 4.69) is 17.0 Å². The monoisotopic (exact) mass is 621 g/mol. The van der Waals surface area contributed by atoms with E-state index >= 15 is 4.39 Å². The molecular weight excluding hydrogens is 585 g/mol. The Kier molecular flexibility index (Phi) is 9.11. The van der Waals surface area contributed by atoms with Crippen LogP contribution in [0.1, 0.15) is 48.7 Å². The predicted molar refractivity (Wildman–Crippen MR) is 177 cm³/mol. The summed E-state index contributed by atoms with van der Waals surface area (Å²) in [5.41, 5.74) is 3.20. The molecule has 0 bridgehead atoms. The van der Waals surface area contributed by atoms with Gasteiger partial charge in [-0.05, 0) is 52.8 Å². The van der Waals surface area contributed by atoms with Gasteiger partial charge in [0.05, 0.1) is 29.6 Å². The lowest BCUT2D eigenvalue weighted by molar-refractivity contribution is -0.116. The lowest BCUT2D eigenvalue weighted by atomic mass is 9.86. The molecule has 2 N–H and O–H groups in total. The van der Waals surface area contributed by atoms with Gasteiger partial charge in [0.15, 0.2) is 0 Å². The van der Waals surface area contributed by atoms with Crippen molar-refractivity contribution in [1.82, 2.24) is 24.6 Å². The zero-order valence-corrected chi connectivity index (χ0v) is 26.3. The Labute approximate surface area is 265 Å². The van der Waals surface area contributed by atoms with Crippen LogP contribution in [-0.2, 0) is 36.7 Å². The quantitative estimate of drug-likeness (QED) is 0.234. The van der Waals surface area contributed by atoms with Crippen LogP contribution in [0.5, 0.6) is 0 Å². The van der Waals surface area contributed by atoms with Crippen LogP contribution in [-0.4, -0.2) is 36.9 Å². The van der Waals surface area contributed by atoms with Gasteiger partial charge in [0.2, 0.25) is 5.91 Å². The molecule has 5 rings (SSSR count). The lowest BCUT2D eigenvalue weighted by Crippen LogP contribution is -2.25. The maximum Gasteiger partial charge on any atom is 0.282 e. The Hall–Kier alpha value is -5.22. The summed E-state index contributed by atoms with van der Waals surface area (Å²) in [6.07, 6.45) is 5.11. The van der Waals surface area contributed by atoms with Crippen LogP contribution >= 0.6 is 0 Å². The zero-order chi connectivity index (χ0) is 33.2. The third kappa shape index (κ3) is 6.57. The number of fused-ring (bicyclic) bond motifs is 1. The molecule has 0 aliphatic carbocycles. The molecule has 0 spiro atoms. The van der Waals surface area contributed by atoms with E-state index in [-0.39, 0.29) is 34.4 Å². The molecule has 2 heterocycles. The molecule has 0 atom stereocenters. The van der Waals surface area contributed by atoms with Crippen molar-refractivity contribution in [2.24, 2.45) is 7.05 Å². The maximum absolute atomic E-state index is 15.3. The number of rotatable bonds is 9. The minimum atomic E-state index is -0.652. The Morgan fingerprint density at radius 2 is 1.80 bits per heavy atom. The first-order valence-corrected chi connectivity index (χ1v) is 14.9. The summed E-state index contributed by atoms with van der Waals surface area (Å²) in [6.45, 7) is 9.33. The number of hydrogen-bond acceptors (Lipinski definition) is 6. The van der Waals surface area contributed by atoms with Gasteiger partial charge in [-0.3, -0.25) is 14.4 Å². The molecule has 3 aromatic carbocycles. The molecule has 1 amide bonds. The molecule has 5 aromatic rings. The highest BCUT2D eigenvalue weighted by atomic mass is 19.1. The fourth-order valence-electron chi connectivity index (χ4n) is 5.42. The molecule has 0 saturated carbocycles. The predicted octanol–water partition coefficient (Wildman–Crippen LogP) is 4.51. The Morgan fingerprint density at radius 3 is 2.52 bits per heavy atom. The number of carbonyl (C=O) groups excluding carboxylic acids is 1. The number of carbonyl (C=O) groups is 1. The van der Waals surface area contributed by atoms with Crippen LogP contribution < -0.4 is 16.4 Å². The first kappa shape index (κ1) is 32.2. The van der Waals surface area contributed by atoms with E-state index in [4.69, 9.17) is 4.98 Å². The van der Waals surface area contributed by atoms with Crippen LogP contribution in [0, 0.1) is 5.82 Å². The van der Waals surface area contributed by atoms with E-state index in [0.29, 0.717) is 40.9 Å². The van der Waals surface area contributed by atoms with Gasteiger partial charge in [-0.1, -0.05) is 63.7 Å². The second-order valence-electron chi connectivity index (χ2n) is 12.2. The molecular formula is C36H36FN5O4. The third-order valence-electron chi connectivity index (χ3n) is 7.92. The van der Waals surface area contributed by atoms with Crippen LogP contribution in [0.3, 0.4) is 0 Å². The number of nitrogens with zero attached hydrogens (tertiary/aromatic N) is 4. The number of amides is 1. The standard InChI is InChI=1S/C36H36FN5O4/c1-6-32(44)38-14-13-22-9-7-10-23(15-22)16-29-34(45)41(5)20-30(40-29)26-11-8-12-31(27(26)21-43)42-35(46)33-24(19-39-42)17-25(18-28(33)37)36(2,3)4/h6-12,15,17-20,43H,1,13-14,16,21H2,2-5H3,(H,38,44). The van der Waals surface area contributed by atoms with Crippen LogP contribution in [0.15, 0.2) is 89.2 Å². The van der Waals surface area contributed by atoms with Crippen LogP contribution in [0.25, 0.3) is 27.7 Å². The normalized spacial score (nSPS) is 11.5. The lowest BCUT2D eigenvalue weighted by Gasteiger charge is -2.20. The van der Waals surface area contributed by atoms with E-state index in [9.17, 15) is 19.5 Å². The minimum absolute atomic E-state index is 0.0925. The topological polar surface area (TPSA) is 119 Å². The molecule has 0 aliphatic rings. The highest BCUT2D eigenvalue weighted by Gasteiger charge is 2.21. The number of benzene rings is 3. The van der Waals surface area contributed by atoms with E-state index in [1.807, 2.05) is 45.0 Å². The number of aliphatic hydroxyl groups is 1. The molecule has 0 fully saturated rings. The first-order valence-electron chi connectivity index (χ1n) is 14.9. The Bertz CT molecular complexity index is 2090. The van der Waals surface area contributed by atoms with Crippen LogP contribution in [0.4, 0.5) is 4.39 Å². The van der Waals surface area contributed by atoms with Gasteiger partial charge in [-0.25, -0.2) is 9.37 Å². The number of nitrogens with one attached hydrogen (secondary N) is 1. The highest BCUT2D eigenvalue weighted by Crippen LogP contribution is 2.29. The summed E-state index contributed by atoms with van der Waals surface area (Å²) in [5, 5.41) is 18.0. The largest absolute Gasteiger partial charge is 0.392 e. The zero-order valence-electron chi connectivity index (χ0n) is 26.3.